The summed E-state index contributed by atoms with van der Waals surface area (Å²) in [4.78, 5) is 21.1. The van der Waals surface area contributed by atoms with Crippen molar-refractivity contribution in [1.29, 1.82) is 5.26 Å². The molecule has 0 atom stereocenters. The summed E-state index contributed by atoms with van der Waals surface area (Å²) < 4.78 is 0.765. The average molecular weight is 285 g/mol. The lowest BCUT2D eigenvalue weighted by Crippen LogP contribution is -1.95. The van der Waals surface area contributed by atoms with Gasteiger partial charge in [0.2, 0.25) is 0 Å². The molecule has 0 aliphatic heterocycles. The van der Waals surface area contributed by atoms with Gasteiger partial charge in [-0.2, -0.15) is 5.26 Å². The predicted octanol–water partition coefficient (Wildman–Crippen LogP) is 1.79. The highest BCUT2D eigenvalue weighted by atomic mass is 127. The number of carbonyl (C=O) groups excluding carboxylic acids is 2. The van der Waals surface area contributed by atoms with Gasteiger partial charge in [0.05, 0.1) is 5.56 Å². The Bertz CT molecular complexity index is 378. The van der Waals surface area contributed by atoms with Crippen molar-refractivity contribution in [2.75, 3.05) is 0 Å². The Balaban J connectivity index is 3.53. The van der Waals surface area contributed by atoms with Gasteiger partial charge in [0, 0.05) is 14.7 Å². The van der Waals surface area contributed by atoms with Crippen molar-refractivity contribution in [2.24, 2.45) is 0 Å². The van der Waals surface area contributed by atoms with Crippen molar-refractivity contribution in [1.82, 2.24) is 0 Å². The summed E-state index contributed by atoms with van der Waals surface area (Å²) in [5.74, 6) is 0. The zero-order valence-electron chi connectivity index (χ0n) is 6.45. The second-order valence-corrected chi connectivity index (χ2v) is 3.55. The lowest BCUT2D eigenvalue weighted by atomic mass is 10.0. The van der Waals surface area contributed by atoms with Gasteiger partial charge in [0.15, 0.2) is 12.6 Å². The number of halogens is 1. The van der Waals surface area contributed by atoms with Crippen LogP contribution >= 0.6 is 22.6 Å². The summed E-state index contributed by atoms with van der Waals surface area (Å²) in [6.45, 7) is 0. The molecule has 0 saturated carbocycles. The summed E-state index contributed by atoms with van der Waals surface area (Å²) in [5, 5.41) is 8.68. The molecule has 0 bridgehead atoms. The fraction of sp³-hybridized carbons (Fsp3) is 0. The van der Waals surface area contributed by atoms with Gasteiger partial charge in [-0.05, 0) is 34.7 Å². The molecular formula is C9H4INO2. The van der Waals surface area contributed by atoms with Crippen molar-refractivity contribution in [3.63, 3.8) is 0 Å². The van der Waals surface area contributed by atoms with Gasteiger partial charge in [-0.15, -0.1) is 0 Å². The van der Waals surface area contributed by atoms with Crippen LogP contribution in [0, 0.1) is 14.9 Å². The van der Waals surface area contributed by atoms with E-state index in [0.29, 0.717) is 12.6 Å². The first-order chi connectivity index (χ1) is 6.22. The second-order valence-electron chi connectivity index (χ2n) is 2.31. The molecule has 0 aliphatic rings. The van der Waals surface area contributed by atoms with Gasteiger partial charge >= 0.3 is 0 Å². The summed E-state index contributed by atoms with van der Waals surface area (Å²) in [6, 6.07) is 4.96. The smallest absolute Gasteiger partial charge is 0.151 e. The Morgan fingerprint density at radius 3 is 2.00 bits per heavy atom. The maximum atomic E-state index is 10.5. The molecule has 0 unspecified atom stereocenters. The van der Waals surface area contributed by atoms with Crippen molar-refractivity contribution in [3.05, 3.63) is 32.4 Å². The van der Waals surface area contributed by atoms with Crippen LogP contribution in [0.2, 0.25) is 0 Å². The lowest BCUT2D eigenvalue weighted by molar-refractivity contribution is 0.112. The van der Waals surface area contributed by atoms with Gasteiger partial charge in [-0.25, -0.2) is 0 Å². The predicted molar refractivity (Wildman–Crippen MR) is 54.6 cm³/mol. The van der Waals surface area contributed by atoms with E-state index >= 15 is 0 Å². The third kappa shape index (κ3) is 1.92. The highest BCUT2D eigenvalue weighted by Gasteiger charge is 2.08. The minimum Gasteiger partial charge on any atom is -0.298 e. The Morgan fingerprint density at radius 2 is 1.69 bits per heavy atom. The zero-order chi connectivity index (χ0) is 9.84. The van der Waals surface area contributed by atoms with Crippen LogP contribution in [0.4, 0.5) is 0 Å². The van der Waals surface area contributed by atoms with Crippen molar-refractivity contribution >= 4 is 35.2 Å². The Labute approximate surface area is 88.5 Å². The van der Waals surface area contributed by atoms with Gasteiger partial charge < -0.3 is 0 Å². The minimum absolute atomic E-state index is 0.144. The van der Waals surface area contributed by atoms with Crippen molar-refractivity contribution in [3.8, 4) is 6.07 Å². The summed E-state index contributed by atoms with van der Waals surface area (Å²) >= 11 is 1.98. The molecule has 3 nitrogen and oxygen atoms in total. The van der Waals surface area contributed by atoms with E-state index in [1.54, 1.807) is 12.1 Å². The highest BCUT2D eigenvalue weighted by molar-refractivity contribution is 14.1. The van der Waals surface area contributed by atoms with Crippen LogP contribution in [0.15, 0.2) is 12.1 Å². The van der Waals surface area contributed by atoms with Crippen molar-refractivity contribution < 1.29 is 9.59 Å². The fourth-order valence-electron chi connectivity index (χ4n) is 0.965. The van der Waals surface area contributed by atoms with E-state index < -0.39 is 0 Å². The van der Waals surface area contributed by atoms with Crippen LogP contribution in [-0.4, -0.2) is 12.6 Å². The Kier molecular flexibility index (Phi) is 3.14. The molecule has 0 amide bonds. The molecule has 1 aromatic carbocycles. The maximum absolute atomic E-state index is 10.5. The molecule has 0 fully saturated rings. The van der Waals surface area contributed by atoms with E-state index in [-0.39, 0.29) is 16.7 Å². The van der Waals surface area contributed by atoms with E-state index in [4.69, 9.17) is 5.26 Å². The molecular weight excluding hydrogens is 281 g/mol. The van der Waals surface area contributed by atoms with E-state index in [1.807, 2.05) is 28.7 Å². The SMILES string of the molecule is N#Cc1c(C=O)cc(I)cc1C=O. The molecule has 1 aromatic rings. The fourth-order valence-corrected chi connectivity index (χ4v) is 1.64. The van der Waals surface area contributed by atoms with Gasteiger partial charge in [-0.3, -0.25) is 9.59 Å². The third-order valence-corrected chi connectivity index (χ3v) is 2.15. The number of aldehydes is 2. The molecule has 13 heavy (non-hydrogen) atoms. The summed E-state index contributed by atoms with van der Waals surface area (Å²) in [6.07, 6.45) is 1.15. The molecule has 0 N–H and O–H groups in total. The van der Waals surface area contributed by atoms with Crippen LogP contribution in [0.5, 0.6) is 0 Å². The molecule has 1 rings (SSSR count). The monoisotopic (exact) mass is 285 g/mol. The first-order valence-corrected chi connectivity index (χ1v) is 4.44. The molecule has 0 spiro atoms. The summed E-state index contributed by atoms with van der Waals surface area (Å²) in [7, 11) is 0. The topological polar surface area (TPSA) is 57.9 Å². The van der Waals surface area contributed by atoms with Crippen LogP contribution in [0.1, 0.15) is 26.3 Å². The molecule has 0 radical (unpaired) electrons. The molecule has 4 heteroatoms. The molecule has 64 valence electrons. The van der Waals surface area contributed by atoms with E-state index in [0.717, 1.165) is 3.57 Å². The maximum Gasteiger partial charge on any atom is 0.151 e. The second kappa shape index (κ2) is 4.14. The number of rotatable bonds is 2. The molecule has 0 saturated heterocycles. The van der Waals surface area contributed by atoms with Crippen molar-refractivity contribution in [2.45, 2.75) is 0 Å². The van der Waals surface area contributed by atoms with Gasteiger partial charge in [-0.1, -0.05) is 0 Å². The van der Waals surface area contributed by atoms with E-state index in [1.165, 1.54) is 0 Å². The van der Waals surface area contributed by atoms with E-state index in [9.17, 15) is 9.59 Å². The molecule has 0 aromatic heterocycles. The van der Waals surface area contributed by atoms with E-state index in [2.05, 4.69) is 0 Å². The number of benzene rings is 1. The highest BCUT2D eigenvalue weighted by Crippen LogP contribution is 2.15. The third-order valence-electron chi connectivity index (χ3n) is 1.53. The minimum atomic E-state index is 0.144. The number of hydrogen-bond donors (Lipinski definition) is 0. The Morgan fingerprint density at radius 1 is 1.23 bits per heavy atom. The van der Waals surface area contributed by atoms with Crippen LogP contribution in [0.3, 0.4) is 0 Å². The van der Waals surface area contributed by atoms with Crippen LogP contribution in [-0.2, 0) is 0 Å². The largest absolute Gasteiger partial charge is 0.298 e. The molecule has 0 aliphatic carbocycles. The lowest BCUT2D eigenvalue weighted by Gasteiger charge is -1.99. The first kappa shape index (κ1) is 9.86. The van der Waals surface area contributed by atoms with Gasteiger partial charge in [0.1, 0.15) is 6.07 Å². The Hall–Kier alpha value is -1.22. The zero-order valence-corrected chi connectivity index (χ0v) is 8.61. The van der Waals surface area contributed by atoms with Crippen LogP contribution in [0.25, 0.3) is 0 Å². The first-order valence-electron chi connectivity index (χ1n) is 3.37. The van der Waals surface area contributed by atoms with Crippen LogP contribution < -0.4 is 0 Å². The standard InChI is InChI=1S/C9H4INO2/c10-8-1-6(4-12)9(3-11)7(2-8)5-13/h1-2,4-5H. The van der Waals surface area contributed by atoms with Gasteiger partial charge in [0.25, 0.3) is 0 Å². The normalized spacial score (nSPS) is 8.92. The summed E-state index contributed by atoms with van der Waals surface area (Å²) in [5.41, 5.74) is 0.665. The number of hydrogen-bond acceptors (Lipinski definition) is 3. The quantitative estimate of drug-likeness (QED) is 0.615. The number of nitriles is 1. The molecule has 0 heterocycles. The average Bonchev–Trinajstić information content (AvgIpc) is 2.16. The number of nitrogens with zero attached hydrogens (tertiary/aromatic N) is 1. The number of carbonyl (C=O) groups is 2.